The number of rotatable bonds is 4. The molecule has 0 radical (unpaired) electrons. The zero-order valence-corrected chi connectivity index (χ0v) is 14.0. The second kappa shape index (κ2) is 6.86. The predicted molar refractivity (Wildman–Crippen MR) is 91.2 cm³/mol. The summed E-state index contributed by atoms with van der Waals surface area (Å²) in [6.45, 7) is 1.94. The number of ether oxygens (including phenoxy) is 1. The van der Waals surface area contributed by atoms with Crippen molar-refractivity contribution in [1.29, 1.82) is 0 Å². The van der Waals surface area contributed by atoms with Gasteiger partial charge in [-0.1, -0.05) is 37.3 Å². The van der Waals surface area contributed by atoms with E-state index in [1.807, 2.05) is 37.3 Å². The van der Waals surface area contributed by atoms with E-state index < -0.39 is 23.8 Å². The number of carboxylic acids is 1. The molecule has 0 saturated heterocycles. The summed E-state index contributed by atoms with van der Waals surface area (Å²) < 4.78 is 44.7. The molecule has 2 aromatic carbocycles. The normalized spacial score (nSPS) is 16.5. The first-order chi connectivity index (χ1) is 12.3. The average Bonchev–Trinajstić information content (AvgIpc) is 2.60. The molecule has 26 heavy (non-hydrogen) atoms. The summed E-state index contributed by atoms with van der Waals surface area (Å²) >= 11 is 0. The lowest BCUT2D eigenvalue weighted by Gasteiger charge is -2.28. The summed E-state index contributed by atoms with van der Waals surface area (Å²) in [7, 11) is 0. The first kappa shape index (κ1) is 18.0. The fourth-order valence-electron chi connectivity index (χ4n) is 3.06. The van der Waals surface area contributed by atoms with Gasteiger partial charge in [-0.15, -0.1) is 0 Å². The molecular formula is C20H17F3O3. The third-order valence-electron chi connectivity index (χ3n) is 4.33. The minimum Gasteiger partial charge on any atom is -0.478 e. The summed E-state index contributed by atoms with van der Waals surface area (Å²) in [6, 6.07) is 12.9. The van der Waals surface area contributed by atoms with Gasteiger partial charge in [0.05, 0.1) is 5.57 Å². The number of aliphatic carboxylic acids is 1. The minimum absolute atomic E-state index is 0.0560. The molecule has 0 spiro atoms. The lowest BCUT2D eigenvalue weighted by Crippen LogP contribution is -2.40. The maximum Gasteiger partial charge on any atom is 0.430 e. The number of halogens is 3. The molecule has 1 unspecified atom stereocenters. The van der Waals surface area contributed by atoms with Gasteiger partial charge in [-0.2, -0.15) is 13.2 Å². The lowest BCUT2D eigenvalue weighted by atomic mass is 9.93. The molecule has 1 heterocycles. The molecule has 1 atom stereocenters. The van der Waals surface area contributed by atoms with Crippen molar-refractivity contribution in [3.8, 4) is 5.75 Å². The molecule has 1 aliphatic heterocycles. The van der Waals surface area contributed by atoms with Gasteiger partial charge in [0.2, 0.25) is 6.10 Å². The first-order valence-corrected chi connectivity index (χ1v) is 8.17. The van der Waals surface area contributed by atoms with E-state index in [0.29, 0.717) is 18.4 Å². The number of fused-ring (bicyclic) bond motifs is 1. The maximum absolute atomic E-state index is 13.2. The molecule has 0 bridgehead atoms. The van der Waals surface area contributed by atoms with Gasteiger partial charge in [0.1, 0.15) is 5.75 Å². The Hall–Kier alpha value is -2.76. The number of alkyl halides is 3. The van der Waals surface area contributed by atoms with E-state index in [1.165, 1.54) is 0 Å². The molecular weight excluding hydrogens is 345 g/mol. The second-order valence-corrected chi connectivity index (χ2v) is 6.12. The van der Waals surface area contributed by atoms with Crippen molar-refractivity contribution in [3.05, 3.63) is 70.3 Å². The molecule has 0 aromatic heterocycles. The van der Waals surface area contributed by atoms with Crippen LogP contribution >= 0.6 is 0 Å². The molecule has 1 N–H and O–H groups in total. The van der Waals surface area contributed by atoms with Crippen LogP contribution < -0.4 is 4.74 Å². The molecule has 2 aromatic rings. The smallest absolute Gasteiger partial charge is 0.430 e. The van der Waals surface area contributed by atoms with Gasteiger partial charge in [0.25, 0.3) is 0 Å². The second-order valence-electron chi connectivity index (χ2n) is 6.12. The Morgan fingerprint density at radius 2 is 1.85 bits per heavy atom. The lowest BCUT2D eigenvalue weighted by molar-refractivity contribution is -0.187. The van der Waals surface area contributed by atoms with Crippen molar-refractivity contribution in [2.45, 2.75) is 32.0 Å². The number of carboxylic acid groups (broad SMARTS) is 1. The van der Waals surface area contributed by atoms with Crippen molar-refractivity contribution in [2.24, 2.45) is 0 Å². The molecule has 0 saturated carbocycles. The largest absolute Gasteiger partial charge is 0.478 e. The van der Waals surface area contributed by atoms with Crippen molar-refractivity contribution in [3.63, 3.8) is 0 Å². The Balaban J connectivity index is 2.05. The Morgan fingerprint density at radius 1 is 1.15 bits per heavy atom. The predicted octanol–water partition coefficient (Wildman–Crippen LogP) is 4.63. The molecule has 0 aliphatic carbocycles. The Bertz CT molecular complexity index is 855. The zero-order chi connectivity index (χ0) is 18.9. The molecule has 3 rings (SSSR count). The monoisotopic (exact) mass is 362 g/mol. The van der Waals surface area contributed by atoms with Gasteiger partial charge < -0.3 is 9.84 Å². The van der Waals surface area contributed by atoms with Gasteiger partial charge >= 0.3 is 12.1 Å². The highest BCUT2D eigenvalue weighted by Gasteiger charge is 2.48. The van der Waals surface area contributed by atoms with Gasteiger partial charge in [0.15, 0.2) is 0 Å². The van der Waals surface area contributed by atoms with E-state index in [4.69, 9.17) is 9.84 Å². The SMILES string of the molecule is CCc1cc2c(cc1Cc1ccccc1)OC(C(F)(F)F)C(C(=O)O)=C2. The molecule has 3 nitrogen and oxygen atoms in total. The molecule has 0 amide bonds. The Labute approximate surface area is 148 Å². The zero-order valence-electron chi connectivity index (χ0n) is 14.0. The third kappa shape index (κ3) is 3.59. The maximum atomic E-state index is 13.2. The standard InChI is InChI=1S/C20H17F3O3/c1-2-13-9-15-10-16(19(24)25)18(20(21,22)23)26-17(15)11-14(13)8-12-6-4-3-5-7-12/h3-7,9-11,18H,2,8H2,1H3,(H,24,25). The summed E-state index contributed by atoms with van der Waals surface area (Å²) in [5.41, 5.74) is 2.40. The van der Waals surface area contributed by atoms with Gasteiger partial charge in [0, 0.05) is 5.56 Å². The number of aryl methyl sites for hydroxylation is 1. The fourth-order valence-corrected chi connectivity index (χ4v) is 3.06. The van der Waals surface area contributed by atoms with E-state index in [-0.39, 0.29) is 5.75 Å². The van der Waals surface area contributed by atoms with E-state index in [2.05, 4.69) is 0 Å². The Morgan fingerprint density at radius 3 is 2.42 bits per heavy atom. The summed E-state index contributed by atoms with van der Waals surface area (Å²) in [5.74, 6) is -1.58. The van der Waals surface area contributed by atoms with Crippen LogP contribution in [0.25, 0.3) is 6.08 Å². The van der Waals surface area contributed by atoms with Crippen LogP contribution in [-0.2, 0) is 17.6 Å². The number of hydrogen-bond donors (Lipinski definition) is 1. The van der Waals surface area contributed by atoms with E-state index >= 15 is 0 Å². The van der Waals surface area contributed by atoms with Gasteiger partial charge in [-0.05, 0) is 47.7 Å². The van der Waals surface area contributed by atoms with Crippen molar-refractivity contribution in [2.75, 3.05) is 0 Å². The van der Waals surface area contributed by atoms with Crippen LogP contribution in [0.15, 0.2) is 48.0 Å². The summed E-state index contributed by atoms with van der Waals surface area (Å²) in [4.78, 5) is 11.2. The van der Waals surface area contributed by atoms with E-state index in [9.17, 15) is 18.0 Å². The molecule has 1 aliphatic rings. The third-order valence-corrected chi connectivity index (χ3v) is 4.33. The number of benzene rings is 2. The van der Waals surface area contributed by atoms with Crippen molar-refractivity contribution < 1.29 is 27.8 Å². The van der Waals surface area contributed by atoms with Crippen molar-refractivity contribution in [1.82, 2.24) is 0 Å². The van der Waals surface area contributed by atoms with Crippen LogP contribution in [0.1, 0.15) is 29.2 Å². The van der Waals surface area contributed by atoms with E-state index in [0.717, 1.165) is 22.8 Å². The van der Waals surface area contributed by atoms with Crippen LogP contribution in [0.2, 0.25) is 0 Å². The first-order valence-electron chi connectivity index (χ1n) is 8.17. The van der Waals surface area contributed by atoms with Crippen molar-refractivity contribution >= 4 is 12.0 Å². The highest BCUT2D eigenvalue weighted by Crippen LogP contribution is 2.39. The quantitative estimate of drug-likeness (QED) is 0.863. The summed E-state index contributed by atoms with van der Waals surface area (Å²) in [6.07, 6.45) is -4.97. The highest BCUT2D eigenvalue weighted by molar-refractivity contribution is 5.95. The van der Waals surface area contributed by atoms with Crippen LogP contribution in [0.4, 0.5) is 13.2 Å². The molecule has 6 heteroatoms. The Kier molecular flexibility index (Phi) is 4.76. The van der Waals surface area contributed by atoms with Gasteiger partial charge in [-0.25, -0.2) is 4.79 Å². The summed E-state index contributed by atoms with van der Waals surface area (Å²) in [5, 5.41) is 9.13. The number of hydrogen-bond acceptors (Lipinski definition) is 2. The molecule has 0 fully saturated rings. The number of carbonyl (C=O) groups is 1. The fraction of sp³-hybridized carbons (Fsp3) is 0.250. The van der Waals surface area contributed by atoms with Crippen LogP contribution in [0.3, 0.4) is 0 Å². The molecule has 136 valence electrons. The highest BCUT2D eigenvalue weighted by atomic mass is 19.4. The topological polar surface area (TPSA) is 46.5 Å². The average molecular weight is 362 g/mol. The van der Waals surface area contributed by atoms with Gasteiger partial charge in [-0.3, -0.25) is 0 Å². The van der Waals surface area contributed by atoms with Crippen LogP contribution in [0.5, 0.6) is 5.75 Å². The minimum atomic E-state index is -4.80. The van der Waals surface area contributed by atoms with E-state index in [1.54, 1.807) is 12.1 Å². The van der Waals surface area contributed by atoms with Crippen LogP contribution in [-0.4, -0.2) is 23.4 Å². The van der Waals surface area contributed by atoms with Crippen LogP contribution in [0, 0.1) is 0 Å².